The van der Waals surface area contributed by atoms with Gasteiger partial charge in [0.1, 0.15) is 5.75 Å². The maximum absolute atomic E-state index is 12.5. The highest BCUT2D eigenvalue weighted by Crippen LogP contribution is 2.32. The fourth-order valence-electron chi connectivity index (χ4n) is 2.29. The second-order valence-electron chi connectivity index (χ2n) is 5.31. The first-order valence-electron chi connectivity index (χ1n) is 7.63. The summed E-state index contributed by atoms with van der Waals surface area (Å²) in [7, 11) is 1.51. The Hall–Kier alpha value is -3.00. The van der Waals surface area contributed by atoms with Gasteiger partial charge in [0.25, 0.3) is 0 Å². The lowest BCUT2D eigenvalue weighted by Gasteiger charge is -2.13. The van der Waals surface area contributed by atoms with Gasteiger partial charge in [0, 0.05) is 18.0 Å². The van der Waals surface area contributed by atoms with E-state index in [2.05, 4.69) is 20.0 Å². The monoisotopic (exact) mass is 395 g/mol. The molecule has 1 aromatic heterocycles. The smallest absolute Gasteiger partial charge is 0.495 e. The fourth-order valence-corrected chi connectivity index (χ4v) is 2.48. The van der Waals surface area contributed by atoms with E-state index in [1.807, 2.05) is 0 Å². The Labute approximate surface area is 157 Å². The number of hydrogen-bond donors (Lipinski definition) is 1. The molecule has 3 rings (SSSR count). The third-order valence-corrected chi connectivity index (χ3v) is 3.81. The van der Waals surface area contributed by atoms with Crippen LogP contribution in [0.5, 0.6) is 11.5 Å². The summed E-state index contributed by atoms with van der Waals surface area (Å²) in [6.45, 7) is 0. The van der Waals surface area contributed by atoms with Crippen LogP contribution in [0.2, 0.25) is 5.02 Å². The van der Waals surface area contributed by atoms with Crippen LogP contribution in [0.3, 0.4) is 0 Å². The van der Waals surface area contributed by atoms with Crippen molar-refractivity contribution in [3.8, 4) is 22.6 Å². The Morgan fingerprint density at radius 1 is 0.963 bits per heavy atom. The van der Waals surface area contributed by atoms with Crippen LogP contribution in [0.4, 0.5) is 24.8 Å². The van der Waals surface area contributed by atoms with Crippen molar-refractivity contribution in [1.29, 1.82) is 0 Å². The molecule has 9 heteroatoms. The van der Waals surface area contributed by atoms with Crippen molar-refractivity contribution in [3.05, 3.63) is 59.9 Å². The largest absolute Gasteiger partial charge is 0.573 e. The minimum absolute atomic E-state index is 0.0933. The molecule has 140 valence electrons. The van der Waals surface area contributed by atoms with Crippen LogP contribution in [-0.4, -0.2) is 23.4 Å². The first-order valence-corrected chi connectivity index (χ1v) is 8.01. The molecule has 0 saturated carbocycles. The number of halogens is 4. The number of nitrogens with zero attached hydrogens (tertiary/aromatic N) is 2. The molecular formula is C18H13ClF3N3O2. The predicted octanol–water partition coefficient (Wildman–Crippen LogP) is 5.45. The van der Waals surface area contributed by atoms with Crippen LogP contribution in [0, 0.1) is 0 Å². The van der Waals surface area contributed by atoms with Gasteiger partial charge in [-0.3, -0.25) is 0 Å². The molecule has 0 unspecified atom stereocenters. The minimum Gasteiger partial charge on any atom is -0.495 e. The number of benzene rings is 2. The van der Waals surface area contributed by atoms with Crippen molar-refractivity contribution in [2.45, 2.75) is 6.36 Å². The van der Waals surface area contributed by atoms with Crippen molar-refractivity contribution in [1.82, 2.24) is 9.97 Å². The van der Waals surface area contributed by atoms with Gasteiger partial charge in [-0.25, -0.2) is 9.97 Å². The second kappa shape index (κ2) is 7.71. The molecule has 0 aliphatic carbocycles. The number of rotatable bonds is 5. The molecule has 1 heterocycles. The van der Waals surface area contributed by atoms with Gasteiger partial charge in [0.2, 0.25) is 5.95 Å². The van der Waals surface area contributed by atoms with Crippen molar-refractivity contribution in [2.75, 3.05) is 12.4 Å². The van der Waals surface area contributed by atoms with Gasteiger partial charge in [-0.05, 0) is 29.8 Å². The molecule has 0 fully saturated rings. The van der Waals surface area contributed by atoms with Crippen LogP contribution in [-0.2, 0) is 0 Å². The first-order chi connectivity index (χ1) is 12.9. The molecule has 0 bridgehead atoms. The fraction of sp³-hybridized carbons (Fsp3) is 0.111. The Kier molecular flexibility index (Phi) is 5.36. The Bertz CT molecular complexity index is 934. The van der Waals surface area contributed by atoms with Gasteiger partial charge in [-0.2, -0.15) is 0 Å². The minimum atomic E-state index is -4.80. The number of ether oxygens (including phenoxy) is 2. The van der Waals surface area contributed by atoms with Crippen molar-refractivity contribution >= 4 is 23.2 Å². The summed E-state index contributed by atoms with van der Waals surface area (Å²) in [4.78, 5) is 8.27. The molecular weight excluding hydrogens is 383 g/mol. The average Bonchev–Trinajstić information content (AvgIpc) is 2.63. The highest BCUT2D eigenvalue weighted by Gasteiger charge is 2.32. The SMILES string of the molecule is COc1cc(-c2cnc(Nc3ccccc3OC(F)(F)F)nc2)ccc1Cl. The van der Waals surface area contributed by atoms with Crippen molar-refractivity contribution in [3.63, 3.8) is 0 Å². The molecule has 2 aromatic carbocycles. The van der Waals surface area contributed by atoms with Crippen LogP contribution in [0.1, 0.15) is 0 Å². The van der Waals surface area contributed by atoms with Crippen LogP contribution >= 0.6 is 11.6 Å². The third-order valence-electron chi connectivity index (χ3n) is 3.50. The number of aromatic nitrogens is 2. The van der Waals surface area contributed by atoms with Gasteiger partial charge in [-0.15, -0.1) is 13.2 Å². The van der Waals surface area contributed by atoms with E-state index in [1.165, 1.54) is 37.7 Å². The quantitative estimate of drug-likeness (QED) is 0.622. The number of alkyl halides is 3. The standard InChI is InChI=1S/C18H13ClF3N3O2/c1-26-16-8-11(6-7-13(16)19)12-9-23-17(24-10-12)25-14-4-2-3-5-15(14)27-18(20,21)22/h2-10H,1H3,(H,23,24,25). The van der Waals surface area contributed by atoms with E-state index in [9.17, 15) is 13.2 Å². The molecule has 27 heavy (non-hydrogen) atoms. The molecule has 1 N–H and O–H groups in total. The summed E-state index contributed by atoms with van der Waals surface area (Å²) in [6.07, 6.45) is -1.73. The van der Waals surface area contributed by atoms with Gasteiger partial charge in [-0.1, -0.05) is 29.8 Å². The molecule has 0 spiro atoms. The van der Waals surface area contributed by atoms with Crippen LogP contribution in [0.25, 0.3) is 11.1 Å². The second-order valence-corrected chi connectivity index (χ2v) is 5.72. The zero-order chi connectivity index (χ0) is 19.4. The summed E-state index contributed by atoms with van der Waals surface area (Å²) in [5.74, 6) is 0.257. The van der Waals surface area contributed by atoms with Gasteiger partial charge in [0.15, 0.2) is 5.75 Å². The summed E-state index contributed by atoms with van der Waals surface area (Å²) in [5.41, 5.74) is 1.56. The lowest BCUT2D eigenvalue weighted by atomic mass is 10.1. The summed E-state index contributed by atoms with van der Waals surface area (Å²) in [5, 5.41) is 3.19. The van der Waals surface area contributed by atoms with E-state index in [4.69, 9.17) is 16.3 Å². The van der Waals surface area contributed by atoms with Gasteiger partial charge >= 0.3 is 6.36 Å². The number of para-hydroxylation sites is 2. The molecule has 0 aliphatic heterocycles. The van der Waals surface area contributed by atoms with E-state index in [0.717, 1.165) is 5.56 Å². The molecule has 0 radical (unpaired) electrons. The molecule has 0 atom stereocenters. The Morgan fingerprint density at radius 3 is 2.33 bits per heavy atom. The number of anilines is 2. The number of methoxy groups -OCH3 is 1. The maximum atomic E-state index is 12.5. The van der Waals surface area contributed by atoms with E-state index in [0.29, 0.717) is 16.3 Å². The average molecular weight is 396 g/mol. The number of hydrogen-bond acceptors (Lipinski definition) is 5. The van der Waals surface area contributed by atoms with E-state index >= 15 is 0 Å². The van der Waals surface area contributed by atoms with E-state index in [1.54, 1.807) is 24.3 Å². The summed E-state index contributed by atoms with van der Waals surface area (Å²) in [6, 6.07) is 10.8. The highest BCUT2D eigenvalue weighted by molar-refractivity contribution is 6.32. The topological polar surface area (TPSA) is 56.3 Å². The van der Waals surface area contributed by atoms with Crippen LogP contribution < -0.4 is 14.8 Å². The Balaban J connectivity index is 1.81. The third kappa shape index (κ3) is 4.79. The molecule has 0 amide bonds. The first kappa shape index (κ1) is 18.8. The Morgan fingerprint density at radius 2 is 1.67 bits per heavy atom. The molecule has 0 aliphatic rings. The number of nitrogens with one attached hydrogen (secondary N) is 1. The summed E-state index contributed by atoms with van der Waals surface area (Å²) < 4.78 is 46.6. The maximum Gasteiger partial charge on any atom is 0.573 e. The van der Waals surface area contributed by atoms with Crippen molar-refractivity contribution < 1.29 is 22.6 Å². The summed E-state index contributed by atoms with van der Waals surface area (Å²) >= 11 is 6.00. The zero-order valence-corrected chi connectivity index (χ0v) is 14.7. The zero-order valence-electron chi connectivity index (χ0n) is 13.9. The van der Waals surface area contributed by atoms with Crippen LogP contribution in [0.15, 0.2) is 54.9 Å². The van der Waals surface area contributed by atoms with Gasteiger partial charge in [0.05, 0.1) is 17.8 Å². The lowest BCUT2D eigenvalue weighted by Crippen LogP contribution is -2.18. The van der Waals surface area contributed by atoms with Gasteiger partial charge < -0.3 is 14.8 Å². The highest BCUT2D eigenvalue weighted by atomic mass is 35.5. The normalized spacial score (nSPS) is 11.1. The predicted molar refractivity (Wildman–Crippen MR) is 95.4 cm³/mol. The van der Waals surface area contributed by atoms with E-state index < -0.39 is 6.36 Å². The van der Waals surface area contributed by atoms with Crippen molar-refractivity contribution in [2.24, 2.45) is 0 Å². The molecule has 5 nitrogen and oxygen atoms in total. The lowest BCUT2D eigenvalue weighted by molar-refractivity contribution is -0.274. The van der Waals surface area contributed by atoms with E-state index in [-0.39, 0.29) is 17.4 Å². The molecule has 0 saturated heterocycles. The molecule has 3 aromatic rings.